The van der Waals surface area contributed by atoms with Crippen LogP contribution in [0.15, 0.2) is 6.07 Å². The molecule has 2 fully saturated rings. The summed E-state index contributed by atoms with van der Waals surface area (Å²) in [5.74, 6) is 0.259. The summed E-state index contributed by atoms with van der Waals surface area (Å²) < 4.78 is 26.0. The van der Waals surface area contributed by atoms with E-state index in [1.54, 1.807) is 18.0 Å². The van der Waals surface area contributed by atoms with Crippen molar-refractivity contribution in [3.8, 4) is 0 Å². The van der Waals surface area contributed by atoms with Gasteiger partial charge in [-0.1, -0.05) is 12.8 Å². The molecule has 2 heterocycles. The van der Waals surface area contributed by atoms with E-state index in [2.05, 4.69) is 10.4 Å². The van der Waals surface area contributed by atoms with Gasteiger partial charge in [0.25, 0.3) is 5.91 Å². The fourth-order valence-corrected chi connectivity index (χ4v) is 4.32. The Morgan fingerprint density at radius 3 is 2.35 bits per heavy atom. The number of sulfonamides is 1. The van der Waals surface area contributed by atoms with E-state index in [-0.39, 0.29) is 36.5 Å². The normalized spacial score (nSPS) is 19.7. The number of anilines is 1. The second kappa shape index (κ2) is 7.36. The van der Waals surface area contributed by atoms with E-state index < -0.39 is 10.0 Å². The van der Waals surface area contributed by atoms with Gasteiger partial charge in [-0.2, -0.15) is 9.40 Å². The highest BCUT2D eigenvalue weighted by Gasteiger charge is 2.29. The number of aromatic nitrogens is 2. The Balaban J connectivity index is 1.63. The Labute approximate surface area is 153 Å². The van der Waals surface area contributed by atoms with Gasteiger partial charge in [0.05, 0.1) is 6.26 Å². The highest BCUT2D eigenvalue weighted by molar-refractivity contribution is 7.88. The first-order valence-corrected chi connectivity index (χ1v) is 10.7. The first-order chi connectivity index (χ1) is 12.3. The molecule has 1 saturated heterocycles. The van der Waals surface area contributed by atoms with Crippen LogP contribution in [0.2, 0.25) is 0 Å². The first-order valence-electron chi connectivity index (χ1n) is 8.85. The van der Waals surface area contributed by atoms with E-state index >= 15 is 0 Å². The molecule has 0 radical (unpaired) electrons. The van der Waals surface area contributed by atoms with Crippen molar-refractivity contribution in [2.45, 2.75) is 25.7 Å². The van der Waals surface area contributed by atoms with Crippen LogP contribution in [0.3, 0.4) is 0 Å². The first kappa shape index (κ1) is 18.8. The maximum absolute atomic E-state index is 12.6. The maximum Gasteiger partial charge on any atom is 0.274 e. The summed E-state index contributed by atoms with van der Waals surface area (Å²) in [4.78, 5) is 26.5. The molecule has 0 bridgehead atoms. The van der Waals surface area contributed by atoms with E-state index in [0.717, 1.165) is 25.7 Å². The average Bonchev–Trinajstić information content (AvgIpc) is 3.24. The van der Waals surface area contributed by atoms with Crippen molar-refractivity contribution in [1.29, 1.82) is 0 Å². The standard InChI is InChI=1S/C16H25N5O4S/c1-19-14(17-15(22)12-5-3-4-6-12)11-13(18-19)16(23)20-7-9-21(10-8-20)26(2,24)25/h11-12H,3-10H2,1-2H3,(H,17,22). The van der Waals surface area contributed by atoms with Crippen LogP contribution in [-0.4, -0.2) is 71.7 Å². The predicted octanol–water partition coefficient (Wildman–Crippen LogP) is 0.266. The lowest BCUT2D eigenvalue weighted by Gasteiger charge is -2.32. The molecule has 9 nitrogen and oxygen atoms in total. The minimum atomic E-state index is -3.24. The summed E-state index contributed by atoms with van der Waals surface area (Å²) in [5.41, 5.74) is 0.252. The van der Waals surface area contributed by atoms with E-state index in [9.17, 15) is 18.0 Å². The molecule has 2 amide bonds. The minimum Gasteiger partial charge on any atom is -0.335 e. The van der Waals surface area contributed by atoms with Gasteiger partial charge < -0.3 is 10.2 Å². The third kappa shape index (κ3) is 4.07. The maximum atomic E-state index is 12.6. The van der Waals surface area contributed by atoms with Crippen molar-refractivity contribution in [2.24, 2.45) is 13.0 Å². The largest absolute Gasteiger partial charge is 0.335 e. The molecule has 0 unspecified atom stereocenters. The third-order valence-corrected chi connectivity index (χ3v) is 6.37. The molecular weight excluding hydrogens is 358 g/mol. The lowest BCUT2D eigenvalue weighted by atomic mass is 10.1. The van der Waals surface area contributed by atoms with Gasteiger partial charge in [-0.3, -0.25) is 14.3 Å². The molecule has 1 aliphatic carbocycles. The van der Waals surface area contributed by atoms with Crippen molar-refractivity contribution in [2.75, 3.05) is 37.8 Å². The van der Waals surface area contributed by atoms with Crippen LogP contribution in [-0.2, 0) is 21.9 Å². The smallest absolute Gasteiger partial charge is 0.274 e. The van der Waals surface area contributed by atoms with E-state index in [1.807, 2.05) is 0 Å². The summed E-state index contributed by atoms with van der Waals surface area (Å²) in [6, 6.07) is 1.58. The molecule has 1 aromatic rings. The fraction of sp³-hybridized carbons (Fsp3) is 0.688. The molecule has 0 atom stereocenters. The quantitative estimate of drug-likeness (QED) is 0.803. The number of aryl methyl sites for hydroxylation is 1. The second-order valence-corrected chi connectivity index (χ2v) is 8.95. The van der Waals surface area contributed by atoms with Crippen molar-refractivity contribution in [3.05, 3.63) is 11.8 Å². The zero-order valence-corrected chi connectivity index (χ0v) is 16.0. The van der Waals surface area contributed by atoms with Crippen LogP contribution in [0.1, 0.15) is 36.2 Å². The monoisotopic (exact) mass is 383 g/mol. The Hall–Kier alpha value is -1.94. The number of carbonyl (C=O) groups is 2. The van der Waals surface area contributed by atoms with E-state index in [4.69, 9.17) is 0 Å². The van der Waals surface area contributed by atoms with Gasteiger partial charge in [0.2, 0.25) is 15.9 Å². The molecule has 26 heavy (non-hydrogen) atoms. The second-order valence-electron chi connectivity index (χ2n) is 6.96. The lowest BCUT2D eigenvalue weighted by Crippen LogP contribution is -2.50. The van der Waals surface area contributed by atoms with Crippen LogP contribution in [0.5, 0.6) is 0 Å². The van der Waals surface area contributed by atoms with Gasteiger partial charge in [-0.25, -0.2) is 8.42 Å². The molecule has 0 aromatic carbocycles. The topological polar surface area (TPSA) is 105 Å². The zero-order chi connectivity index (χ0) is 18.9. The highest BCUT2D eigenvalue weighted by Crippen LogP contribution is 2.26. The minimum absolute atomic E-state index is 0.0220. The fourth-order valence-electron chi connectivity index (χ4n) is 3.49. The summed E-state index contributed by atoms with van der Waals surface area (Å²) in [7, 11) is -1.55. The zero-order valence-electron chi connectivity index (χ0n) is 15.1. The molecular formula is C16H25N5O4S. The van der Waals surface area contributed by atoms with Gasteiger partial charge in [0.15, 0.2) is 5.69 Å². The van der Waals surface area contributed by atoms with E-state index in [0.29, 0.717) is 18.9 Å². The Bertz CT molecular complexity index is 790. The van der Waals surface area contributed by atoms with Gasteiger partial charge in [0.1, 0.15) is 5.82 Å². The van der Waals surface area contributed by atoms with Crippen molar-refractivity contribution in [1.82, 2.24) is 19.0 Å². The average molecular weight is 383 g/mol. The van der Waals surface area contributed by atoms with Crippen LogP contribution < -0.4 is 5.32 Å². The number of rotatable bonds is 4. The number of nitrogens with one attached hydrogen (secondary N) is 1. The molecule has 1 aromatic heterocycles. The summed E-state index contributed by atoms with van der Waals surface area (Å²) in [6.45, 7) is 1.21. The number of amides is 2. The highest BCUT2D eigenvalue weighted by atomic mass is 32.2. The number of hydrogen-bond acceptors (Lipinski definition) is 5. The number of carbonyl (C=O) groups excluding carboxylic acids is 2. The van der Waals surface area contributed by atoms with Crippen molar-refractivity contribution < 1.29 is 18.0 Å². The molecule has 10 heteroatoms. The molecule has 1 aliphatic heterocycles. The molecule has 2 aliphatic rings. The van der Waals surface area contributed by atoms with Crippen molar-refractivity contribution in [3.63, 3.8) is 0 Å². The SMILES string of the molecule is Cn1nc(C(=O)N2CCN(S(C)(=O)=O)CC2)cc1NC(=O)C1CCCC1. The van der Waals surface area contributed by atoms with Gasteiger partial charge in [-0.05, 0) is 12.8 Å². The Morgan fingerprint density at radius 1 is 1.15 bits per heavy atom. The summed E-state index contributed by atoms with van der Waals surface area (Å²) >= 11 is 0. The Kier molecular flexibility index (Phi) is 5.33. The van der Waals surface area contributed by atoms with Crippen LogP contribution in [0, 0.1) is 5.92 Å². The van der Waals surface area contributed by atoms with Crippen LogP contribution in [0.25, 0.3) is 0 Å². The number of nitrogens with zero attached hydrogens (tertiary/aromatic N) is 4. The third-order valence-electron chi connectivity index (χ3n) is 5.07. The Morgan fingerprint density at radius 2 is 1.77 bits per heavy atom. The lowest BCUT2D eigenvalue weighted by molar-refractivity contribution is -0.119. The molecule has 0 spiro atoms. The van der Waals surface area contributed by atoms with Crippen LogP contribution >= 0.6 is 0 Å². The summed E-state index contributed by atoms with van der Waals surface area (Å²) in [5, 5.41) is 7.07. The molecule has 1 saturated carbocycles. The predicted molar refractivity (Wildman–Crippen MR) is 96.1 cm³/mol. The molecule has 144 valence electrons. The van der Waals surface area contributed by atoms with Gasteiger partial charge in [0, 0.05) is 45.2 Å². The van der Waals surface area contributed by atoms with Gasteiger partial charge >= 0.3 is 0 Å². The van der Waals surface area contributed by atoms with E-state index in [1.165, 1.54) is 15.2 Å². The number of piperazine rings is 1. The summed E-state index contributed by atoms with van der Waals surface area (Å²) in [6.07, 6.45) is 5.13. The van der Waals surface area contributed by atoms with Crippen molar-refractivity contribution >= 4 is 27.7 Å². The molecule has 1 N–H and O–H groups in total. The van der Waals surface area contributed by atoms with Gasteiger partial charge in [-0.15, -0.1) is 0 Å². The number of hydrogen-bond donors (Lipinski definition) is 1. The molecule has 3 rings (SSSR count). The van der Waals surface area contributed by atoms with Crippen LogP contribution in [0.4, 0.5) is 5.82 Å².